The van der Waals surface area contributed by atoms with Crippen LogP contribution in [-0.2, 0) is 4.79 Å². The number of nitrogens with zero attached hydrogens (tertiary/aromatic N) is 1. The van der Waals surface area contributed by atoms with Crippen molar-refractivity contribution in [2.45, 2.75) is 38.5 Å². The lowest BCUT2D eigenvalue weighted by Crippen LogP contribution is -2.29. The first kappa shape index (κ1) is 17.0. The molecule has 0 amide bonds. The zero-order valence-corrected chi connectivity index (χ0v) is 16.0. The van der Waals surface area contributed by atoms with Crippen LogP contribution < -0.4 is 5.32 Å². The molecule has 4 heteroatoms. The van der Waals surface area contributed by atoms with Crippen LogP contribution >= 0.6 is 0 Å². The van der Waals surface area contributed by atoms with Gasteiger partial charge in [0, 0.05) is 23.6 Å². The number of ketones is 1. The summed E-state index contributed by atoms with van der Waals surface area (Å²) in [6.45, 7) is 4.01. The minimum Gasteiger partial charge on any atom is -0.338 e. The predicted molar refractivity (Wildman–Crippen MR) is 108 cm³/mol. The van der Waals surface area contributed by atoms with Crippen molar-refractivity contribution >= 4 is 11.7 Å². The normalized spacial score (nSPS) is 21.1. The monoisotopic (exact) mass is 370 g/mol. The number of aryl methyl sites for hydroxylation is 2. The van der Waals surface area contributed by atoms with E-state index in [4.69, 9.17) is 4.52 Å². The van der Waals surface area contributed by atoms with Gasteiger partial charge in [-0.1, -0.05) is 65.3 Å². The van der Waals surface area contributed by atoms with E-state index < -0.39 is 0 Å². The van der Waals surface area contributed by atoms with Crippen LogP contribution in [0.1, 0.15) is 52.6 Å². The van der Waals surface area contributed by atoms with Crippen LogP contribution in [0.15, 0.2) is 70.4 Å². The van der Waals surface area contributed by atoms with Gasteiger partial charge < -0.3 is 9.84 Å². The highest BCUT2D eigenvalue weighted by Gasteiger charge is 2.40. The number of Topliss-reactive ketones (excluding diaryl/α,β-unsaturated/α-hetero) is 1. The minimum atomic E-state index is -0.123. The topological polar surface area (TPSA) is 55.1 Å². The lowest BCUT2D eigenvalue weighted by Gasteiger charge is -2.34. The van der Waals surface area contributed by atoms with E-state index in [1.54, 1.807) is 0 Å². The van der Waals surface area contributed by atoms with Crippen LogP contribution in [0.3, 0.4) is 0 Å². The summed E-state index contributed by atoms with van der Waals surface area (Å²) < 4.78 is 5.58. The summed E-state index contributed by atoms with van der Waals surface area (Å²) in [4.78, 5) is 13.4. The standard InChI is InChI=1S/C24H22N2O2/c1-14-8-10-17(11-9-14)22-21-15(2)26-28-24(21)25-19-12-18(13-20(27)23(19)22)16-6-4-3-5-7-16/h3-11,18,22,25H,12-13H2,1-2H3. The Kier molecular flexibility index (Phi) is 3.93. The first-order valence-electron chi connectivity index (χ1n) is 9.72. The average Bonchev–Trinajstić information content (AvgIpc) is 3.08. The molecule has 1 aliphatic heterocycles. The third-order valence-corrected chi connectivity index (χ3v) is 5.94. The molecule has 1 aliphatic carbocycles. The number of aromatic nitrogens is 1. The molecule has 1 N–H and O–H groups in total. The third-order valence-electron chi connectivity index (χ3n) is 5.94. The molecule has 2 aromatic carbocycles. The smallest absolute Gasteiger partial charge is 0.233 e. The number of rotatable bonds is 2. The van der Waals surface area contributed by atoms with Gasteiger partial charge in [-0.25, -0.2) is 0 Å². The van der Waals surface area contributed by atoms with Crippen LogP contribution in [0.25, 0.3) is 0 Å². The molecule has 0 saturated carbocycles. The second-order valence-electron chi connectivity index (χ2n) is 7.81. The molecule has 2 unspecified atom stereocenters. The maximum atomic E-state index is 13.4. The highest BCUT2D eigenvalue weighted by atomic mass is 16.5. The molecule has 2 aliphatic rings. The van der Waals surface area contributed by atoms with Crippen molar-refractivity contribution < 1.29 is 9.32 Å². The van der Waals surface area contributed by atoms with Crippen LogP contribution in [0.5, 0.6) is 0 Å². The second kappa shape index (κ2) is 6.48. The van der Waals surface area contributed by atoms with Crippen molar-refractivity contribution in [1.29, 1.82) is 0 Å². The summed E-state index contributed by atoms with van der Waals surface area (Å²) in [7, 11) is 0. The van der Waals surface area contributed by atoms with E-state index in [2.05, 4.69) is 53.8 Å². The van der Waals surface area contributed by atoms with Crippen LogP contribution in [0.4, 0.5) is 5.88 Å². The number of carbonyl (C=O) groups is 1. The molecule has 0 bridgehead atoms. The molecule has 1 aromatic heterocycles. The van der Waals surface area contributed by atoms with E-state index in [0.29, 0.717) is 12.3 Å². The molecule has 2 atom stereocenters. The Bertz CT molecular complexity index is 1080. The molecule has 0 saturated heterocycles. The van der Waals surface area contributed by atoms with Gasteiger partial charge in [0.25, 0.3) is 0 Å². The lowest BCUT2D eigenvalue weighted by atomic mass is 9.72. The van der Waals surface area contributed by atoms with Gasteiger partial charge in [0.05, 0.1) is 11.3 Å². The molecule has 5 rings (SSSR count). The summed E-state index contributed by atoms with van der Waals surface area (Å²) in [5.41, 5.74) is 7.17. The first-order valence-corrected chi connectivity index (χ1v) is 9.72. The van der Waals surface area contributed by atoms with Crippen molar-refractivity contribution in [2.75, 3.05) is 5.32 Å². The van der Waals surface area contributed by atoms with Gasteiger partial charge >= 0.3 is 0 Å². The van der Waals surface area contributed by atoms with Crippen molar-refractivity contribution in [2.24, 2.45) is 0 Å². The van der Waals surface area contributed by atoms with Gasteiger partial charge in [0.15, 0.2) is 5.78 Å². The number of benzene rings is 2. The molecular formula is C24H22N2O2. The fourth-order valence-corrected chi connectivity index (χ4v) is 4.53. The highest BCUT2D eigenvalue weighted by molar-refractivity contribution is 6.01. The van der Waals surface area contributed by atoms with Gasteiger partial charge in [-0.3, -0.25) is 4.79 Å². The molecule has 2 heterocycles. The Morgan fingerprint density at radius 3 is 2.46 bits per heavy atom. The SMILES string of the molecule is Cc1ccc(C2C3=C(CC(c4ccccc4)CC3=O)Nc3onc(C)c32)cc1. The van der Waals surface area contributed by atoms with Gasteiger partial charge in [-0.2, -0.15) is 0 Å². The minimum absolute atomic E-state index is 0.123. The van der Waals surface area contributed by atoms with Crippen molar-refractivity contribution in [3.63, 3.8) is 0 Å². The molecular weight excluding hydrogens is 348 g/mol. The highest BCUT2D eigenvalue weighted by Crippen LogP contribution is 2.48. The fourth-order valence-electron chi connectivity index (χ4n) is 4.53. The number of carbonyl (C=O) groups excluding carboxylic acids is 1. The maximum Gasteiger partial charge on any atom is 0.233 e. The lowest BCUT2D eigenvalue weighted by molar-refractivity contribution is -0.116. The molecule has 3 aromatic rings. The Labute approximate surface area is 164 Å². The number of hydrogen-bond acceptors (Lipinski definition) is 4. The number of anilines is 1. The predicted octanol–water partition coefficient (Wildman–Crippen LogP) is 5.25. The number of allylic oxidation sites excluding steroid dienone is 2. The van der Waals surface area contributed by atoms with Gasteiger partial charge in [0.1, 0.15) is 0 Å². The Hall–Kier alpha value is -3.14. The fraction of sp³-hybridized carbons (Fsp3) is 0.250. The van der Waals surface area contributed by atoms with E-state index in [9.17, 15) is 4.79 Å². The summed E-state index contributed by atoms with van der Waals surface area (Å²) in [6.07, 6.45) is 1.33. The average molecular weight is 370 g/mol. The molecule has 4 nitrogen and oxygen atoms in total. The Morgan fingerprint density at radius 1 is 0.964 bits per heavy atom. The zero-order chi connectivity index (χ0) is 19.3. The van der Waals surface area contributed by atoms with Crippen molar-refractivity contribution in [3.8, 4) is 0 Å². The summed E-state index contributed by atoms with van der Waals surface area (Å²) in [6, 6.07) is 18.7. The van der Waals surface area contributed by atoms with Crippen molar-refractivity contribution in [1.82, 2.24) is 5.16 Å². The number of hydrogen-bond donors (Lipinski definition) is 1. The van der Waals surface area contributed by atoms with E-state index in [1.165, 1.54) is 11.1 Å². The number of fused-ring (bicyclic) bond motifs is 1. The van der Waals surface area contributed by atoms with Crippen molar-refractivity contribution in [3.05, 3.63) is 93.8 Å². The molecule has 28 heavy (non-hydrogen) atoms. The molecule has 140 valence electrons. The molecule has 0 spiro atoms. The second-order valence-corrected chi connectivity index (χ2v) is 7.81. The van der Waals surface area contributed by atoms with Gasteiger partial charge in [0.2, 0.25) is 5.88 Å². The van der Waals surface area contributed by atoms with Crippen LogP contribution in [0, 0.1) is 13.8 Å². The first-order chi connectivity index (χ1) is 13.6. The van der Waals surface area contributed by atoms with E-state index >= 15 is 0 Å². The molecule has 0 fully saturated rings. The van der Waals surface area contributed by atoms with E-state index in [-0.39, 0.29) is 17.6 Å². The summed E-state index contributed by atoms with van der Waals surface area (Å²) in [5, 5.41) is 7.57. The zero-order valence-electron chi connectivity index (χ0n) is 16.0. The Morgan fingerprint density at radius 2 is 1.71 bits per heavy atom. The summed E-state index contributed by atoms with van der Waals surface area (Å²) >= 11 is 0. The Balaban J connectivity index is 1.63. The van der Waals surface area contributed by atoms with Crippen LogP contribution in [0.2, 0.25) is 0 Å². The summed E-state index contributed by atoms with van der Waals surface area (Å²) in [5.74, 6) is 0.939. The number of nitrogens with one attached hydrogen (secondary N) is 1. The molecule has 0 radical (unpaired) electrons. The van der Waals surface area contributed by atoms with Gasteiger partial charge in [-0.05, 0) is 37.3 Å². The van der Waals surface area contributed by atoms with Gasteiger partial charge in [-0.15, -0.1) is 0 Å². The largest absolute Gasteiger partial charge is 0.338 e. The third kappa shape index (κ3) is 2.68. The van der Waals surface area contributed by atoms with Crippen LogP contribution in [-0.4, -0.2) is 10.9 Å². The maximum absolute atomic E-state index is 13.4. The van der Waals surface area contributed by atoms with E-state index in [0.717, 1.165) is 34.5 Å². The quantitative estimate of drug-likeness (QED) is 0.669. The van der Waals surface area contributed by atoms with E-state index in [1.807, 2.05) is 25.1 Å².